The molecule has 0 saturated carbocycles. The maximum atomic E-state index is 14.2. The number of nitrogens with one attached hydrogen (secondary N) is 1. The third kappa shape index (κ3) is 4.97. The lowest BCUT2D eigenvalue weighted by Crippen LogP contribution is -2.59. The van der Waals surface area contributed by atoms with Crippen molar-refractivity contribution in [3.8, 4) is 0 Å². The molecule has 3 amide bonds. The van der Waals surface area contributed by atoms with E-state index in [1.54, 1.807) is 46.2 Å². The van der Waals surface area contributed by atoms with Gasteiger partial charge in [-0.15, -0.1) is 0 Å². The molecule has 3 aromatic carbocycles. The minimum atomic E-state index is -1.03. The second-order valence-electron chi connectivity index (χ2n) is 9.29. The molecular formula is C29H28FN3O4. The van der Waals surface area contributed by atoms with Crippen LogP contribution in [0.2, 0.25) is 0 Å². The fraction of sp³-hybridized carbons (Fsp3) is 0.276. The molecule has 2 saturated heterocycles. The van der Waals surface area contributed by atoms with Crippen LogP contribution in [0.25, 0.3) is 0 Å². The van der Waals surface area contributed by atoms with Gasteiger partial charge in [0.2, 0.25) is 5.91 Å². The largest absolute Gasteiger partial charge is 0.353 e. The summed E-state index contributed by atoms with van der Waals surface area (Å²) in [7, 11) is 0. The normalized spacial score (nSPS) is 18.6. The number of nitrogens with zero attached hydrogens (tertiary/aromatic N) is 2. The Morgan fingerprint density at radius 1 is 0.865 bits per heavy atom. The Bertz CT molecular complexity index is 1280. The monoisotopic (exact) mass is 501 g/mol. The Morgan fingerprint density at radius 2 is 1.49 bits per heavy atom. The van der Waals surface area contributed by atoms with E-state index in [0.29, 0.717) is 24.9 Å². The smallest absolute Gasteiger partial charge is 0.256 e. The number of piperidine rings is 1. The van der Waals surface area contributed by atoms with Crippen molar-refractivity contribution in [3.05, 3.63) is 107 Å². The molecule has 7 nitrogen and oxygen atoms in total. The fourth-order valence-electron chi connectivity index (χ4n) is 5.05. The molecule has 2 heterocycles. The summed E-state index contributed by atoms with van der Waals surface area (Å²) in [5.74, 6) is -1.56. The highest BCUT2D eigenvalue weighted by atomic mass is 19.1. The number of halogens is 1. The molecule has 2 fully saturated rings. The van der Waals surface area contributed by atoms with E-state index in [-0.39, 0.29) is 37.1 Å². The van der Waals surface area contributed by atoms with Crippen LogP contribution in [-0.4, -0.2) is 59.0 Å². The Kier molecular flexibility index (Phi) is 7.01. The van der Waals surface area contributed by atoms with Crippen LogP contribution < -0.4 is 5.32 Å². The third-order valence-electron chi connectivity index (χ3n) is 7.05. The highest BCUT2D eigenvalue weighted by molar-refractivity contribution is 5.98. The van der Waals surface area contributed by atoms with Crippen molar-refractivity contribution >= 4 is 17.7 Å². The zero-order valence-corrected chi connectivity index (χ0v) is 20.3. The molecule has 0 aliphatic carbocycles. The van der Waals surface area contributed by atoms with Crippen LogP contribution >= 0.6 is 0 Å². The van der Waals surface area contributed by atoms with E-state index in [1.165, 1.54) is 12.1 Å². The van der Waals surface area contributed by atoms with Gasteiger partial charge in [-0.3, -0.25) is 19.3 Å². The van der Waals surface area contributed by atoms with Gasteiger partial charge in [0, 0.05) is 38.0 Å². The van der Waals surface area contributed by atoms with Gasteiger partial charge in [0.05, 0.1) is 12.2 Å². The molecule has 3 aromatic rings. The number of carbonyl (C=O) groups excluding carboxylic acids is 3. The number of hydrogen-bond acceptors (Lipinski definition) is 4. The minimum Gasteiger partial charge on any atom is -0.353 e. The van der Waals surface area contributed by atoms with Crippen molar-refractivity contribution in [2.24, 2.45) is 0 Å². The van der Waals surface area contributed by atoms with E-state index >= 15 is 0 Å². The van der Waals surface area contributed by atoms with E-state index in [2.05, 4.69) is 5.32 Å². The first-order chi connectivity index (χ1) is 18.0. The van der Waals surface area contributed by atoms with Crippen LogP contribution in [0.15, 0.2) is 84.9 Å². The van der Waals surface area contributed by atoms with Crippen LogP contribution in [-0.2, 0) is 16.1 Å². The second kappa shape index (κ2) is 10.5. The van der Waals surface area contributed by atoms with E-state index in [4.69, 9.17) is 4.74 Å². The van der Waals surface area contributed by atoms with E-state index in [0.717, 1.165) is 5.56 Å². The van der Waals surface area contributed by atoms with Crippen LogP contribution in [0.3, 0.4) is 0 Å². The van der Waals surface area contributed by atoms with Crippen molar-refractivity contribution < 1.29 is 23.5 Å². The molecule has 2 aliphatic rings. The van der Waals surface area contributed by atoms with Crippen LogP contribution in [0.1, 0.15) is 39.1 Å². The summed E-state index contributed by atoms with van der Waals surface area (Å²) >= 11 is 0. The van der Waals surface area contributed by atoms with E-state index < -0.39 is 23.5 Å². The topological polar surface area (TPSA) is 79.0 Å². The van der Waals surface area contributed by atoms with Crippen LogP contribution in [0, 0.1) is 5.82 Å². The average Bonchev–Trinajstić information content (AvgIpc) is 3.31. The number of amides is 3. The third-order valence-corrected chi connectivity index (χ3v) is 7.05. The highest BCUT2D eigenvalue weighted by Crippen LogP contribution is 2.39. The Balaban J connectivity index is 1.36. The first kappa shape index (κ1) is 24.6. The van der Waals surface area contributed by atoms with Gasteiger partial charge in [0.1, 0.15) is 17.6 Å². The van der Waals surface area contributed by atoms with Gasteiger partial charge in [-0.25, -0.2) is 4.39 Å². The molecule has 0 bridgehead atoms. The van der Waals surface area contributed by atoms with Crippen molar-refractivity contribution in [1.29, 1.82) is 0 Å². The summed E-state index contributed by atoms with van der Waals surface area (Å²) in [5, 5.41) is 2.93. The van der Waals surface area contributed by atoms with Gasteiger partial charge in [-0.2, -0.15) is 0 Å². The predicted octanol–water partition coefficient (Wildman–Crippen LogP) is 3.62. The molecule has 8 heteroatoms. The predicted molar refractivity (Wildman–Crippen MR) is 135 cm³/mol. The first-order valence-corrected chi connectivity index (χ1v) is 12.4. The molecule has 1 unspecified atom stereocenters. The van der Waals surface area contributed by atoms with Gasteiger partial charge >= 0.3 is 0 Å². The number of likely N-dealkylation sites (tertiary alicyclic amines) is 1. The Labute approximate surface area is 214 Å². The summed E-state index contributed by atoms with van der Waals surface area (Å²) in [6.45, 7) is 0.927. The van der Waals surface area contributed by atoms with Gasteiger partial charge < -0.3 is 15.0 Å². The van der Waals surface area contributed by atoms with Crippen molar-refractivity contribution in [1.82, 2.24) is 15.1 Å². The molecule has 5 rings (SSSR count). The quantitative estimate of drug-likeness (QED) is 0.579. The SMILES string of the molecule is O=C(NCc1ccccc1)C1COC2(CCN(C(=O)c3ccccc3F)CC2)N1C(=O)c1ccccc1. The molecule has 190 valence electrons. The van der Waals surface area contributed by atoms with Crippen molar-refractivity contribution in [2.75, 3.05) is 19.7 Å². The highest BCUT2D eigenvalue weighted by Gasteiger charge is 2.54. The van der Waals surface area contributed by atoms with Crippen molar-refractivity contribution in [3.63, 3.8) is 0 Å². The Hall–Kier alpha value is -4.04. The Morgan fingerprint density at radius 3 is 2.16 bits per heavy atom. The summed E-state index contributed by atoms with van der Waals surface area (Å²) in [5.41, 5.74) is 0.387. The lowest BCUT2D eigenvalue weighted by Gasteiger charge is -2.44. The molecule has 0 aromatic heterocycles. The van der Waals surface area contributed by atoms with Crippen molar-refractivity contribution in [2.45, 2.75) is 31.2 Å². The van der Waals surface area contributed by atoms with Gasteiger partial charge in [-0.05, 0) is 29.8 Å². The minimum absolute atomic E-state index is 0.0150. The maximum Gasteiger partial charge on any atom is 0.256 e. The van der Waals surface area contributed by atoms with E-state index in [9.17, 15) is 18.8 Å². The standard InChI is InChI=1S/C29H28FN3O4/c30-24-14-8-7-13-23(24)28(36)32-17-15-29(16-18-32)33(27(35)22-11-5-2-6-12-22)25(20-37-29)26(34)31-19-21-9-3-1-4-10-21/h1-14,25H,15-20H2,(H,31,34). The average molecular weight is 502 g/mol. The lowest BCUT2D eigenvalue weighted by molar-refractivity contribution is -0.128. The number of hydrogen-bond donors (Lipinski definition) is 1. The summed E-state index contributed by atoms with van der Waals surface area (Å²) in [6, 6.07) is 23.4. The number of rotatable bonds is 5. The maximum absolute atomic E-state index is 14.2. The fourth-order valence-corrected chi connectivity index (χ4v) is 5.05. The number of ether oxygens (including phenoxy) is 1. The first-order valence-electron chi connectivity index (χ1n) is 12.4. The molecule has 1 spiro atoms. The zero-order valence-electron chi connectivity index (χ0n) is 20.3. The van der Waals surface area contributed by atoms with Crippen LogP contribution in [0.5, 0.6) is 0 Å². The van der Waals surface area contributed by atoms with Gasteiger partial charge in [0.25, 0.3) is 11.8 Å². The zero-order chi connectivity index (χ0) is 25.8. The number of benzene rings is 3. The molecule has 37 heavy (non-hydrogen) atoms. The van der Waals surface area contributed by atoms with E-state index in [1.807, 2.05) is 36.4 Å². The second-order valence-corrected chi connectivity index (χ2v) is 9.29. The molecular weight excluding hydrogens is 473 g/mol. The molecule has 2 aliphatic heterocycles. The molecule has 0 radical (unpaired) electrons. The molecule has 1 N–H and O–H groups in total. The van der Waals surface area contributed by atoms with Gasteiger partial charge in [0.15, 0.2) is 0 Å². The summed E-state index contributed by atoms with van der Waals surface area (Å²) in [4.78, 5) is 43.1. The number of carbonyl (C=O) groups is 3. The lowest BCUT2D eigenvalue weighted by atomic mass is 9.96. The molecule has 1 atom stereocenters. The summed E-state index contributed by atoms with van der Waals surface area (Å²) < 4.78 is 20.4. The summed E-state index contributed by atoms with van der Waals surface area (Å²) in [6.07, 6.45) is 0.627. The van der Waals surface area contributed by atoms with Gasteiger partial charge in [-0.1, -0.05) is 60.7 Å². The van der Waals surface area contributed by atoms with Crippen LogP contribution in [0.4, 0.5) is 4.39 Å².